The predicted octanol–water partition coefficient (Wildman–Crippen LogP) is 2.67. The number of carboxylic acid groups (broad SMARTS) is 1. The van der Waals surface area contributed by atoms with Crippen LogP contribution in [-0.2, 0) is 24.3 Å². The zero-order valence-electron chi connectivity index (χ0n) is 13.0. The maximum absolute atomic E-state index is 11.0. The van der Waals surface area contributed by atoms with Gasteiger partial charge in [0.2, 0.25) is 6.79 Å². The Morgan fingerprint density at radius 3 is 2.61 bits per heavy atom. The Morgan fingerprint density at radius 2 is 1.83 bits per heavy atom. The van der Waals surface area contributed by atoms with Crippen LogP contribution < -0.4 is 9.47 Å². The second-order valence-electron chi connectivity index (χ2n) is 5.70. The Morgan fingerprint density at radius 1 is 1.09 bits per heavy atom. The molecule has 0 saturated carbocycles. The van der Waals surface area contributed by atoms with Crippen LogP contribution in [0.25, 0.3) is 0 Å². The van der Waals surface area contributed by atoms with Crippen LogP contribution >= 0.6 is 0 Å². The third-order valence-electron chi connectivity index (χ3n) is 3.79. The fourth-order valence-electron chi connectivity index (χ4n) is 2.74. The van der Waals surface area contributed by atoms with Crippen molar-refractivity contribution in [1.29, 1.82) is 0 Å². The van der Waals surface area contributed by atoms with E-state index in [1.165, 1.54) is 0 Å². The van der Waals surface area contributed by atoms with Crippen molar-refractivity contribution >= 4 is 5.97 Å². The van der Waals surface area contributed by atoms with E-state index < -0.39 is 5.97 Å². The van der Waals surface area contributed by atoms with E-state index in [2.05, 4.69) is 4.90 Å². The third-order valence-corrected chi connectivity index (χ3v) is 3.79. The van der Waals surface area contributed by atoms with Gasteiger partial charge in [-0.2, -0.15) is 0 Å². The van der Waals surface area contributed by atoms with E-state index in [0.717, 1.165) is 34.7 Å². The molecule has 0 unspecified atom stereocenters. The van der Waals surface area contributed by atoms with Crippen molar-refractivity contribution in [1.82, 2.24) is 4.90 Å². The molecule has 0 aromatic heterocycles. The molecule has 120 valence electrons. The maximum Gasteiger partial charge on any atom is 0.307 e. The zero-order chi connectivity index (χ0) is 16.2. The molecule has 0 bridgehead atoms. The molecule has 0 amide bonds. The topological polar surface area (TPSA) is 59.0 Å². The van der Waals surface area contributed by atoms with Crippen molar-refractivity contribution in [3.63, 3.8) is 0 Å². The molecule has 0 atom stereocenters. The highest BCUT2D eigenvalue weighted by molar-refractivity contribution is 5.70. The van der Waals surface area contributed by atoms with Crippen LogP contribution in [0.1, 0.15) is 16.7 Å². The number of nitrogens with zero attached hydrogens (tertiary/aromatic N) is 1. The number of ether oxygens (including phenoxy) is 2. The Bertz CT molecular complexity index is 714. The molecule has 1 N–H and O–H groups in total. The lowest BCUT2D eigenvalue weighted by atomic mass is 10.0. The second kappa shape index (κ2) is 6.71. The minimum Gasteiger partial charge on any atom is -0.481 e. The van der Waals surface area contributed by atoms with Gasteiger partial charge in [0.15, 0.2) is 11.5 Å². The average molecular weight is 313 g/mol. The molecule has 2 aromatic carbocycles. The summed E-state index contributed by atoms with van der Waals surface area (Å²) in [6.45, 7) is 1.72. The first kappa shape index (κ1) is 15.4. The number of benzene rings is 2. The van der Waals surface area contributed by atoms with Crippen LogP contribution in [0, 0.1) is 0 Å². The van der Waals surface area contributed by atoms with Crippen molar-refractivity contribution in [2.24, 2.45) is 0 Å². The van der Waals surface area contributed by atoms with Gasteiger partial charge in [-0.15, -0.1) is 0 Å². The zero-order valence-corrected chi connectivity index (χ0v) is 13.0. The Balaban J connectivity index is 1.68. The number of hydrogen-bond donors (Lipinski definition) is 1. The third kappa shape index (κ3) is 3.81. The average Bonchev–Trinajstić information content (AvgIpc) is 2.96. The van der Waals surface area contributed by atoms with Gasteiger partial charge in [0.25, 0.3) is 0 Å². The van der Waals surface area contributed by atoms with Crippen molar-refractivity contribution in [2.45, 2.75) is 19.5 Å². The smallest absolute Gasteiger partial charge is 0.307 e. The molecule has 0 saturated heterocycles. The summed E-state index contributed by atoms with van der Waals surface area (Å²) in [6.07, 6.45) is 0.0496. The van der Waals surface area contributed by atoms with Gasteiger partial charge in [0, 0.05) is 13.1 Å². The summed E-state index contributed by atoms with van der Waals surface area (Å²) < 4.78 is 10.7. The molecular formula is C18H19NO4. The van der Waals surface area contributed by atoms with E-state index >= 15 is 0 Å². The Hall–Kier alpha value is -2.53. The maximum atomic E-state index is 11.0. The van der Waals surface area contributed by atoms with E-state index in [9.17, 15) is 4.79 Å². The van der Waals surface area contributed by atoms with Gasteiger partial charge < -0.3 is 14.6 Å². The number of hydrogen-bond acceptors (Lipinski definition) is 4. The van der Waals surface area contributed by atoms with Gasteiger partial charge in [-0.3, -0.25) is 9.69 Å². The van der Waals surface area contributed by atoms with Crippen molar-refractivity contribution in [3.8, 4) is 11.5 Å². The van der Waals surface area contributed by atoms with E-state index in [-0.39, 0.29) is 13.2 Å². The molecule has 5 nitrogen and oxygen atoms in total. The van der Waals surface area contributed by atoms with Crippen LogP contribution in [0.5, 0.6) is 11.5 Å². The fourth-order valence-corrected chi connectivity index (χ4v) is 2.74. The quantitative estimate of drug-likeness (QED) is 0.888. The molecule has 0 fully saturated rings. The summed E-state index contributed by atoms with van der Waals surface area (Å²) in [7, 11) is 2.02. The number of carboxylic acids is 1. The predicted molar refractivity (Wildman–Crippen MR) is 85.5 cm³/mol. The van der Waals surface area contributed by atoms with Gasteiger partial charge in [0.1, 0.15) is 0 Å². The summed E-state index contributed by atoms with van der Waals surface area (Å²) in [5.74, 6) is 0.751. The second-order valence-corrected chi connectivity index (χ2v) is 5.70. The van der Waals surface area contributed by atoms with Crippen LogP contribution in [0.3, 0.4) is 0 Å². The van der Waals surface area contributed by atoms with Gasteiger partial charge in [-0.1, -0.05) is 30.3 Å². The lowest BCUT2D eigenvalue weighted by Crippen LogP contribution is -2.18. The number of carbonyl (C=O) groups is 1. The standard InChI is InChI=1S/C18H19NO4/c1-19(10-13-6-7-16-17(8-13)23-12-22-16)11-15-5-3-2-4-14(15)9-18(20)21/h2-8H,9-12H2,1H3,(H,20,21). The van der Waals surface area contributed by atoms with Crippen LogP contribution in [0.4, 0.5) is 0 Å². The van der Waals surface area contributed by atoms with E-state index in [4.69, 9.17) is 14.6 Å². The molecule has 1 heterocycles. The number of rotatable bonds is 6. The molecule has 0 radical (unpaired) electrons. The molecule has 1 aliphatic heterocycles. The molecule has 3 rings (SSSR count). The van der Waals surface area contributed by atoms with E-state index in [1.807, 2.05) is 49.5 Å². The highest BCUT2D eigenvalue weighted by Crippen LogP contribution is 2.32. The largest absolute Gasteiger partial charge is 0.481 e. The van der Waals surface area contributed by atoms with Gasteiger partial charge >= 0.3 is 5.97 Å². The minimum atomic E-state index is -0.809. The molecule has 2 aromatic rings. The first-order chi connectivity index (χ1) is 11.1. The van der Waals surface area contributed by atoms with E-state index in [0.29, 0.717) is 6.54 Å². The first-order valence-electron chi connectivity index (χ1n) is 7.47. The van der Waals surface area contributed by atoms with E-state index in [1.54, 1.807) is 0 Å². The first-order valence-corrected chi connectivity index (χ1v) is 7.47. The number of fused-ring (bicyclic) bond motifs is 1. The normalized spacial score (nSPS) is 12.6. The summed E-state index contributed by atoms with van der Waals surface area (Å²) in [6, 6.07) is 13.6. The van der Waals surface area contributed by atoms with Gasteiger partial charge in [0.05, 0.1) is 6.42 Å². The fraction of sp³-hybridized carbons (Fsp3) is 0.278. The van der Waals surface area contributed by atoms with Crippen molar-refractivity contribution in [2.75, 3.05) is 13.8 Å². The highest BCUT2D eigenvalue weighted by atomic mass is 16.7. The van der Waals surface area contributed by atoms with Crippen LogP contribution in [-0.4, -0.2) is 29.8 Å². The number of aliphatic carboxylic acids is 1. The van der Waals surface area contributed by atoms with Crippen LogP contribution in [0.2, 0.25) is 0 Å². The van der Waals surface area contributed by atoms with Gasteiger partial charge in [-0.25, -0.2) is 0 Å². The molecule has 23 heavy (non-hydrogen) atoms. The molecular weight excluding hydrogens is 294 g/mol. The van der Waals surface area contributed by atoms with Crippen LogP contribution in [0.15, 0.2) is 42.5 Å². The lowest BCUT2D eigenvalue weighted by molar-refractivity contribution is -0.136. The summed E-state index contributed by atoms with van der Waals surface area (Å²) >= 11 is 0. The molecule has 0 spiro atoms. The molecule has 1 aliphatic rings. The molecule has 5 heteroatoms. The molecule has 0 aliphatic carbocycles. The Kier molecular flexibility index (Phi) is 4.48. The highest BCUT2D eigenvalue weighted by Gasteiger charge is 2.14. The Labute approximate surface area is 135 Å². The lowest BCUT2D eigenvalue weighted by Gasteiger charge is -2.19. The van der Waals surface area contributed by atoms with Crippen molar-refractivity contribution < 1.29 is 19.4 Å². The SMILES string of the molecule is CN(Cc1ccc2c(c1)OCO2)Cc1ccccc1CC(=O)O. The summed E-state index contributed by atoms with van der Waals surface area (Å²) in [5, 5.41) is 9.01. The summed E-state index contributed by atoms with van der Waals surface area (Å²) in [4.78, 5) is 13.1. The van der Waals surface area contributed by atoms with Crippen molar-refractivity contribution in [3.05, 3.63) is 59.2 Å². The monoisotopic (exact) mass is 313 g/mol. The summed E-state index contributed by atoms with van der Waals surface area (Å²) in [5.41, 5.74) is 3.03. The van der Waals surface area contributed by atoms with Gasteiger partial charge in [-0.05, 0) is 35.9 Å². The minimum absolute atomic E-state index is 0.0496.